The van der Waals surface area contributed by atoms with E-state index < -0.39 is 0 Å². The molecule has 0 saturated carbocycles. The van der Waals surface area contributed by atoms with Crippen molar-refractivity contribution in [3.8, 4) is 0 Å². The Morgan fingerprint density at radius 1 is 1.00 bits per heavy atom. The Morgan fingerprint density at radius 3 is 2.21 bits per heavy atom. The number of benzene rings is 2. The molecule has 0 spiro atoms. The fourth-order valence-electron chi connectivity index (χ4n) is 1.84. The number of aryl methyl sites for hydroxylation is 2. The zero-order valence-electron chi connectivity index (χ0n) is 11.4. The quantitative estimate of drug-likeness (QED) is 0.670. The molecule has 0 amide bonds. The summed E-state index contributed by atoms with van der Waals surface area (Å²) >= 11 is 1.65. The van der Waals surface area contributed by atoms with Crippen molar-refractivity contribution in [3.05, 3.63) is 53.1 Å². The Kier molecular flexibility index (Phi) is 3.96. The molecule has 19 heavy (non-hydrogen) atoms. The van der Waals surface area contributed by atoms with Crippen molar-refractivity contribution in [3.63, 3.8) is 0 Å². The smallest absolute Gasteiger partial charge is 0.161 e. The molecular formula is C16H17NOS. The number of ketones is 1. The number of nitrogen functional groups attached to an aromatic ring is 1. The summed E-state index contributed by atoms with van der Waals surface area (Å²) in [6.07, 6.45) is 0. The van der Waals surface area contributed by atoms with E-state index in [-0.39, 0.29) is 5.78 Å². The minimum Gasteiger partial charge on any atom is -0.398 e. The van der Waals surface area contributed by atoms with Crippen LogP contribution in [0.25, 0.3) is 0 Å². The number of hydrogen-bond acceptors (Lipinski definition) is 3. The number of carbonyl (C=O) groups is 1. The lowest BCUT2D eigenvalue weighted by Gasteiger charge is -2.07. The maximum Gasteiger partial charge on any atom is 0.161 e. The van der Waals surface area contributed by atoms with Gasteiger partial charge in [-0.3, -0.25) is 4.79 Å². The van der Waals surface area contributed by atoms with Crippen LogP contribution in [0.2, 0.25) is 0 Å². The Labute approximate surface area is 118 Å². The Bertz CT molecular complexity index is 635. The van der Waals surface area contributed by atoms with E-state index in [9.17, 15) is 4.79 Å². The number of rotatable bonds is 3. The van der Waals surface area contributed by atoms with Crippen molar-refractivity contribution >= 4 is 23.2 Å². The van der Waals surface area contributed by atoms with Crippen molar-refractivity contribution in [1.82, 2.24) is 0 Å². The third kappa shape index (κ3) is 3.18. The molecule has 2 rings (SSSR count). The van der Waals surface area contributed by atoms with Gasteiger partial charge in [0.05, 0.1) is 0 Å². The van der Waals surface area contributed by atoms with Crippen LogP contribution in [0.1, 0.15) is 28.4 Å². The van der Waals surface area contributed by atoms with Crippen LogP contribution in [0, 0.1) is 13.8 Å². The molecular weight excluding hydrogens is 254 g/mol. The standard InChI is InChI=1S/C16H17NOS/c1-10-4-5-13(8-11(10)2)19-14-6-7-15(12(3)18)16(17)9-14/h4-9H,17H2,1-3H3. The predicted molar refractivity (Wildman–Crippen MR) is 80.9 cm³/mol. The zero-order chi connectivity index (χ0) is 14.0. The van der Waals surface area contributed by atoms with E-state index in [1.165, 1.54) is 22.9 Å². The molecule has 0 bridgehead atoms. The average Bonchev–Trinajstić information content (AvgIpc) is 2.33. The fourth-order valence-corrected chi connectivity index (χ4v) is 2.80. The van der Waals surface area contributed by atoms with Gasteiger partial charge in [0.15, 0.2) is 5.78 Å². The molecule has 0 aromatic heterocycles. The van der Waals surface area contributed by atoms with Gasteiger partial charge in [-0.2, -0.15) is 0 Å². The molecule has 98 valence electrons. The van der Waals surface area contributed by atoms with E-state index in [0.717, 1.165) is 4.90 Å². The summed E-state index contributed by atoms with van der Waals surface area (Å²) in [7, 11) is 0. The highest BCUT2D eigenvalue weighted by molar-refractivity contribution is 7.99. The van der Waals surface area contributed by atoms with Gasteiger partial charge in [0.2, 0.25) is 0 Å². The van der Waals surface area contributed by atoms with E-state index in [1.807, 2.05) is 12.1 Å². The second-order valence-electron chi connectivity index (χ2n) is 4.65. The van der Waals surface area contributed by atoms with Crippen molar-refractivity contribution < 1.29 is 4.79 Å². The first-order chi connectivity index (χ1) is 8.97. The highest BCUT2D eigenvalue weighted by Gasteiger charge is 2.06. The van der Waals surface area contributed by atoms with Gasteiger partial charge < -0.3 is 5.73 Å². The molecule has 0 aliphatic rings. The van der Waals surface area contributed by atoms with Gasteiger partial charge in [0.25, 0.3) is 0 Å². The van der Waals surface area contributed by atoms with Crippen LogP contribution in [-0.4, -0.2) is 5.78 Å². The van der Waals surface area contributed by atoms with Crippen molar-refractivity contribution in [2.75, 3.05) is 5.73 Å². The Hall–Kier alpha value is -1.74. The first kappa shape index (κ1) is 13.7. The third-order valence-electron chi connectivity index (χ3n) is 3.12. The van der Waals surface area contributed by atoms with Crippen LogP contribution in [0.5, 0.6) is 0 Å². The molecule has 2 aromatic rings. The van der Waals surface area contributed by atoms with E-state index in [2.05, 4.69) is 32.0 Å². The van der Waals surface area contributed by atoms with Crippen LogP contribution in [0.15, 0.2) is 46.2 Å². The minimum atomic E-state index is 0.000213. The molecule has 2 aromatic carbocycles. The van der Waals surface area contributed by atoms with E-state index in [4.69, 9.17) is 5.73 Å². The van der Waals surface area contributed by atoms with Crippen molar-refractivity contribution in [2.45, 2.75) is 30.6 Å². The second kappa shape index (κ2) is 5.49. The molecule has 3 heteroatoms. The summed E-state index contributed by atoms with van der Waals surface area (Å²) in [6.45, 7) is 5.73. The van der Waals surface area contributed by atoms with E-state index in [1.54, 1.807) is 17.8 Å². The zero-order valence-corrected chi connectivity index (χ0v) is 12.2. The van der Waals surface area contributed by atoms with Crippen molar-refractivity contribution in [1.29, 1.82) is 0 Å². The van der Waals surface area contributed by atoms with Crippen LogP contribution in [-0.2, 0) is 0 Å². The first-order valence-electron chi connectivity index (χ1n) is 6.13. The van der Waals surface area contributed by atoms with Gasteiger partial charge in [-0.1, -0.05) is 17.8 Å². The van der Waals surface area contributed by atoms with Gasteiger partial charge in [-0.05, 0) is 62.2 Å². The molecule has 0 fully saturated rings. The van der Waals surface area contributed by atoms with Crippen LogP contribution >= 0.6 is 11.8 Å². The van der Waals surface area contributed by atoms with Gasteiger partial charge in [-0.25, -0.2) is 0 Å². The molecule has 0 aliphatic carbocycles. The topological polar surface area (TPSA) is 43.1 Å². The Balaban J connectivity index is 2.26. The van der Waals surface area contributed by atoms with E-state index in [0.29, 0.717) is 11.3 Å². The maximum atomic E-state index is 11.3. The normalized spacial score (nSPS) is 10.5. The van der Waals surface area contributed by atoms with Crippen molar-refractivity contribution in [2.24, 2.45) is 0 Å². The van der Waals surface area contributed by atoms with Crippen LogP contribution < -0.4 is 5.73 Å². The second-order valence-corrected chi connectivity index (χ2v) is 5.80. The molecule has 2 N–H and O–H groups in total. The highest BCUT2D eigenvalue weighted by atomic mass is 32.2. The number of nitrogens with two attached hydrogens (primary N) is 1. The number of Topliss-reactive ketones (excluding diaryl/α,β-unsaturated/α-hetero) is 1. The van der Waals surface area contributed by atoms with Gasteiger partial charge in [0, 0.05) is 21.0 Å². The number of hydrogen-bond donors (Lipinski definition) is 1. The summed E-state index contributed by atoms with van der Waals surface area (Å²) < 4.78 is 0. The summed E-state index contributed by atoms with van der Waals surface area (Å²) in [6, 6.07) is 12.0. The van der Waals surface area contributed by atoms with Gasteiger partial charge >= 0.3 is 0 Å². The SMILES string of the molecule is CC(=O)c1ccc(Sc2ccc(C)c(C)c2)cc1N. The lowest BCUT2D eigenvalue weighted by atomic mass is 10.1. The Morgan fingerprint density at radius 2 is 1.63 bits per heavy atom. The summed E-state index contributed by atoms with van der Waals surface area (Å²) in [5.41, 5.74) is 9.59. The van der Waals surface area contributed by atoms with Crippen LogP contribution in [0.3, 0.4) is 0 Å². The molecule has 2 nitrogen and oxygen atoms in total. The average molecular weight is 271 g/mol. The first-order valence-corrected chi connectivity index (χ1v) is 6.94. The summed E-state index contributed by atoms with van der Waals surface area (Å²) in [4.78, 5) is 13.6. The molecule has 0 atom stereocenters. The summed E-state index contributed by atoms with van der Waals surface area (Å²) in [5, 5.41) is 0. The highest BCUT2D eigenvalue weighted by Crippen LogP contribution is 2.31. The molecule has 0 saturated heterocycles. The van der Waals surface area contributed by atoms with Gasteiger partial charge in [-0.15, -0.1) is 0 Å². The largest absolute Gasteiger partial charge is 0.398 e. The number of anilines is 1. The molecule has 0 heterocycles. The maximum absolute atomic E-state index is 11.3. The minimum absolute atomic E-state index is 0.000213. The monoisotopic (exact) mass is 271 g/mol. The molecule has 0 radical (unpaired) electrons. The predicted octanol–water partition coefficient (Wildman–Crippen LogP) is 4.24. The van der Waals surface area contributed by atoms with Crippen LogP contribution in [0.4, 0.5) is 5.69 Å². The lowest BCUT2D eigenvalue weighted by molar-refractivity contribution is 0.101. The summed E-state index contributed by atoms with van der Waals surface area (Å²) in [5.74, 6) is 0.000213. The van der Waals surface area contributed by atoms with Gasteiger partial charge in [0.1, 0.15) is 0 Å². The molecule has 0 aliphatic heterocycles. The fraction of sp³-hybridized carbons (Fsp3) is 0.188. The molecule has 0 unspecified atom stereocenters. The third-order valence-corrected chi connectivity index (χ3v) is 4.10. The number of carbonyl (C=O) groups excluding carboxylic acids is 1. The lowest BCUT2D eigenvalue weighted by Crippen LogP contribution is -1.99. The van der Waals surface area contributed by atoms with E-state index >= 15 is 0 Å².